The Bertz CT molecular complexity index is 391. The summed E-state index contributed by atoms with van der Waals surface area (Å²) in [6.45, 7) is 2.53. The Morgan fingerprint density at radius 2 is 2.29 bits per heavy atom. The average Bonchev–Trinajstić information content (AvgIpc) is 2.73. The van der Waals surface area contributed by atoms with Crippen molar-refractivity contribution < 1.29 is 9.00 Å². The summed E-state index contributed by atoms with van der Waals surface area (Å²) in [6.07, 6.45) is 4.09. The number of aryl methyl sites for hydroxylation is 1. The quantitative estimate of drug-likeness (QED) is 0.686. The summed E-state index contributed by atoms with van der Waals surface area (Å²) in [5.74, 6) is 1.21. The first-order valence-corrected chi connectivity index (χ1v) is 7.35. The molecule has 0 aliphatic rings. The highest BCUT2D eigenvalue weighted by molar-refractivity contribution is 7.84. The summed E-state index contributed by atoms with van der Waals surface area (Å²) in [4.78, 5) is 15.7. The van der Waals surface area contributed by atoms with Crippen molar-refractivity contribution in [3.8, 4) is 0 Å². The van der Waals surface area contributed by atoms with E-state index in [0.29, 0.717) is 18.7 Å². The van der Waals surface area contributed by atoms with Gasteiger partial charge in [0, 0.05) is 35.8 Å². The van der Waals surface area contributed by atoms with E-state index in [1.165, 1.54) is 0 Å². The number of aromatic amines is 1. The molecule has 1 rings (SSSR count). The Kier molecular flexibility index (Phi) is 5.82. The number of aromatic nitrogens is 3. The molecule has 2 N–H and O–H groups in total. The van der Waals surface area contributed by atoms with Crippen molar-refractivity contribution in [2.24, 2.45) is 0 Å². The molecule has 6 nitrogen and oxygen atoms in total. The lowest BCUT2D eigenvalue weighted by molar-refractivity contribution is 0.0943. The van der Waals surface area contributed by atoms with Crippen LogP contribution in [-0.4, -0.2) is 43.9 Å². The normalized spacial score (nSPS) is 12.4. The molecule has 0 saturated heterocycles. The van der Waals surface area contributed by atoms with Crippen molar-refractivity contribution in [1.29, 1.82) is 0 Å². The standard InChI is InChI=1S/C10H18N4O2S/c1-3-5-8-12-9(14-13-8)10(15)11-6-4-7-17(2)16/h3-7H2,1-2H3,(H,11,15)(H,12,13,14). The van der Waals surface area contributed by atoms with Gasteiger partial charge in [-0.1, -0.05) is 6.92 Å². The highest BCUT2D eigenvalue weighted by atomic mass is 32.2. The summed E-state index contributed by atoms with van der Waals surface area (Å²) in [6, 6.07) is 0. The van der Waals surface area contributed by atoms with Crippen LogP contribution in [0.5, 0.6) is 0 Å². The van der Waals surface area contributed by atoms with Crippen LogP contribution in [0.3, 0.4) is 0 Å². The molecule has 0 saturated carbocycles. The number of hydrogen-bond acceptors (Lipinski definition) is 4. The first kappa shape index (κ1) is 13.8. The van der Waals surface area contributed by atoms with E-state index in [1.807, 2.05) is 6.92 Å². The van der Waals surface area contributed by atoms with E-state index >= 15 is 0 Å². The highest BCUT2D eigenvalue weighted by Crippen LogP contribution is 1.96. The summed E-state index contributed by atoms with van der Waals surface area (Å²) >= 11 is 0. The monoisotopic (exact) mass is 258 g/mol. The highest BCUT2D eigenvalue weighted by Gasteiger charge is 2.11. The molecule has 1 unspecified atom stereocenters. The van der Waals surface area contributed by atoms with Crippen LogP contribution in [-0.2, 0) is 17.2 Å². The molecule has 1 atom stereocenters. The third kappa shape index (κ3) is 5.08. The van der Waals surface area contributed by atoms with E-state index in [9.17, 15) is 9.00 Å². The SMILES string of the molecule is CCCc1nc(C(=O)NCCCS(C)=O)n[nH]1. The third-order valence-corrected chi connectivity index (χ3v) is 2.98. The Morgan fingerprint density at radius 3 is 2.94 bits per heavy atom. The molecular formula is C10H18N4O2S. The van der Waals surface area contributed by atoms with Gasteiger partial charge in [0.25, 0.3) is 5.91 Å². The zero-order valence-corrected chi connectivity index (χ0v) is 11.0. The van der Waals surface area contributed by atoms with Gasteiger partial charge in [0.2, 0.25) is 5.82 Å². The zero-order chi connectivity index (χ0) is 12.7. The molecule has 7 heteroatoms. The van der Waals surface area contributed by atoms with E-state index < -0.39 is 10.8 Å². The molecule has 0 aliphatic carbocycles. The minimum atomic E-state index is -0.812. The Morgan fingerprint density at radius 1 is 1.53 bits per heavy atom. The smallest absolute Gasteiger partial charge is 0.290 e. The molecule has 0 radical (unpaired) electrons. The summed E-state index contributed by atoms with van der Waals surface area (Å²) < 4.78 is 10.8. The maximum absolute atomic E-state index is 11.6. The topological polar surface area (TPSA) is 87.7 Å². The van der Waals surface area contributed by atoms with Gasteiger partial charge in [0.05, 0.1) is 0 Å². The van der Waals surface area contributed by atoms with Crippen molar-refractivity contribution in [3.63, 3.8) is 0 Å². The summed E-state index contributed by atoms with van der Waals surface area (Å²) in [5.41, 5.74) is 0. The number of H-pyrrole nitrogens is 1. The zero-order valence-electron chi connectivity index (χ0n) is 10.2. The van der Waals surface area contributed by atoms with Crippen LogP contribution < -0.4 is 5.32 Å². The number of amides is 1. The van der Waals surface area contributed by atoms with Crippen LogP contribution in [0.1, 0.15) is 36.2 Å². The molecule has 17 heavy (non-hydrogen) atoms. The number of nitrogens with one attached hydrogen (secondary N) is 2. The molecule has 96 valence electrons. The molecule has 0 bridgehead atoms. The van der Waals surface area contributed by atoms with E-state index in [1.54, 1.807) is 6.26 Å². The van der Waals surface area contributed by atoms with Crippen molar-refractivity contribution in [2.75, 3.05) is 18.6 Å². The largest absolute Gasteiger partial charge is 0.349 e. The van der Waals surface area contributed by atoms with Crippen molar-refractivity contribution in [3.05, 3.63) is 11.6 Å². The number of carbonyl (C=O) groups excluding carboxylic acids is 1. The minimum Gasteiger partial charge on any atom is -0.349 e. The fraction of sp³-hybridized carbons (Fsp3) is 0.700. The Hall–Kier alpha value is -1.24. The molecule has 0 aliphatic heterocycles. The fourth-order valence-electron chi connectivity index (χ4n) is 1.30. The molecule has 0 spiro atoms. The predicted octanol–water partition coefficient (Wildman–Crippen LogP) is 0.256. The minimum absolute atomic E-state index is 0.172. The second-order valence-corrected chi connectivity index (χ2v) is 5.30. The van der Waals surface area contributed by atoms with Gasteiger partial charge in [0.15, 0.2) is 0 Å². The third-order valence-electron chi connectivity index (χ3n) is 2.12. The van der Waals surface area contributed by atoms with Crippen LogP contribution in [0.2, 0.25) is 0 Å². The van der Waals surface area contributed by atoms with Crippen LogP contribution in [0.4, 0.5) is 0 Å². The van der Waals surface area contributed by atoms with Gasteiger partial charge in [-0.05, 0) is 12.8 Å². The van der Waals surface area contributed by atoms with E-state index in [0.717, 1.165) is 18.7 Å². The second kappa shape index (κ2) is 7.16. The van der Waals surface area contributed by atoms with Gasteiger partial charge in [0.1, 0.15) is 5.82 Å². The number of nitrogens with zero attached hydrogens (tertiary/aromatic N) is 2. The molecular weight excluding hydrogens is 240 g/mol. The van der Waals surface area contributed by atoms with Crippen LogP contribution >= 0.6 is 0 Å². The van der Waals surface area contributed by atoms with Crippen molar-refractivity contribution >= 4 is 16.7 Å². The van der Waals surface area contributed by atoms with Gasteiger partial charge in [-0.15, -0.1) is 5.10 Å². The first-order valence-electron chi connectivity index (χ1n) is 5.63. The van der Waals surface area contributed by atoms with Crippen molar-refractivity contribution in [1.82, 2.24) is 20.5 Å². The molecule has 0 aromatic carbocycles. The van der Waals surface area contributed by atoms with Crippen LogP contribution in [0, 0.1) is 0 Å². The van der Waals surface area contributed by atoms with E-state index in [2.05, 4.69) is 20.5 Å². The lowest BCUT2D eigenvalue weighted by Gasteiger charge is -2.00. The lowest BCUT2D eigenvalue weighted by Crippen LogP contribution is -2.26. The Balaban J connectivity index is 2.33. The Labute approximate surface area is 103 Å². The van der Waals surface area contributed by atoms with E-state index in [-0.39, 0.29) is 11.7 Å². The maximum atomic E-state index is 11.6. The number of hydrogen-bond donors (Lipinski definition) is 2. The molecule has 1 aromatic heterocycles. The molecule has 1 amide bonds. The fourth-order valence-corrected chi connectivity index (χ4v) is 1.85. The molecule has 0 fully saturated rings. The summed E-state index contributed by atoms with van der Waals surface area (Å²) in [5, 5.41) is 9.26. The maximum Gasteiger partial charge on any atom is 0.290 e. The average molecular weight is 258 g/mol. The van der Waals surface area contributed by atoms with Gasteiger partial charge < -0.3 is 5.32 Å². The predicted molar refractivity (Wildman–Crippen MR) is 66.3 cm³/mol. The van der Waals surface area contributed by atoms with Gasteiger partial charge in [-0.3, -0.25) is 14.1 Å². The number of rotatable bonds is 7. The van der Waals surface area contributed by atoms with E-state index in [4.69, 9.17) is 0 Å². The van der Waals surface area contributed by atoms with Crippen LogP contribution in [0.15, 0.2) is 0 Å². The van der Waals surface area contributed by atoms with Crippen LogP contribution in [0.25, 0.3) is 0 Å². The van der Waals surface area contributed by atoms with Gasteiger partial charge >= 0.3 is 0 Å². The van der Waals surface area contributed by atoms with Gasteiger partial charge in [-0.25, -0.2) is 4.98 Å². The lowest BCUT2D eigenvalue weighted by atomic mass is 10.3. The molecule has 1 heterocycles. The van der Waals surface area contributed by atoms with Crippen molar-refractivity contribution in [2.45, 2.75) is 26.2 Å². The number of carbonyl (C=O) groups is 1. The van der Waals surface area contributed by atoms with Gasteiger partial charge in [-0.2, -0.15) is 0 Å². The first-order chi connectivity index (χ1) is 8.13. The second-order valence-electron chi connectivity index (χ2n) is 3.74. The molecule has 1 aromatic rings. The summed E-state index contributed by atoms with van der Waals surface area (Å²) in [7, 11) is -0.812.